The lowest BCUT2D eigenvalue weighted by Crippen LogP contribution is -2.67. The summed E-state index contributed by atoms with van der Waals surface area (Å²) in [6.45, 7) is 8.32. The Morgan fingerprint density at radius 1 is 1.35 bits per heavy atom. The highest BCUT2D eigenvalue weighted by Crippen LogP contribution is 2.57. The molecule has 3 aliphatic rings. The van der Waals surface area contributed by atoms with Gasteiger partial charge in [0.2, 0.25) is 0 Å². The van der Waals surface area contributed by atoms with Gasteiger partial charge in [-0.2, -0.15) is 5.10 Å². The lowest BCUT2D eigenvalue weighted by atomic mass is 9.51. The van der Waals surface area contributed by atoms with E-state index in [0.717, 1.165) is 31.2 Å². The predicted molar refractivity (Wildman–Crippen MR) is 89.3 cm³/mol. The summed E-state index contributed by atoms with van der Waals surface area (Å²) >= 11 is 0. The van der Waals surface area contributed by atoms with Gasteiger partial charge in [0.05, 0.1) is 12.1 Å². The zero-order chi connectivity index (χ0) is 16.0. The average molecular weight is 318 g/mol. The second-order valence-electron chi connectivity index (χ2n) is 7.89. The summed E-state index contributed by atoms with van der Waals surface area (Å²) < 4.78 is 8.13. The number of nitrogens with zero attached hydrogens (tertiary/aromatic N) is 3. The van der Waals surface area contributed by atoms with Gasteiger partial charge in [-0.05, 0) is 39.0 Å². The molecule has 5 nitrogen and oxygen atoms in total. The fourth-order valence-corrected chi connectivity index (χ4v) is 4.69. The number of hydrogen-bond donors (Lipinski definition) is 1. The second kappa shape index (κ2) is 5.85. The van der Waals surface area contributed by atoms with Crippen LogP contribution in [0.25, 0.3) is 0 Å². The summed E-state index contributed by atoms with van der Waals surface area (Å²) in [5.74, 6) is 2.56. The summed E-state index contributed by atoms with van der Waals surface area (Å²) in [7, 11) is 0. The van der Waals surface area contributed by atoms with Crippen LogP contribution in [0.1, 0.15) is 82.9 Å². The third-order valence-corrected chi connectivity index (χ3v) is 6.25. The van der Waals surface area contributed by atoms with Gasteiger partial charge in [0.15, 0.2) is 5.82 Å². The number of fused-ring (bicyclic) bond motifs is 1. The van der Waals surface area contributed by atoms with Crippen molar-refractivity contribution in [1.82, 2.24) is 20.1 Å². The van der Waals surface area contributed by atoms with Crippen LogP contribution in [0.4, 0.5) is 0 Å². The van der Waals surface area contributed by atoms with Crippen LogP contribution >= 0.6 is 0 Å². The molecule has 2 heterocycles. The van der Waals surface area contributed by atoms with Crippen molar-refractivity contribution in [2.24, 2.45) is 5.41 Å². The van der Waals surface area contributed by atoms with E-state index in [1.54, 1.807) is 0 Å². The molecular formula is C18H30N4O. The molecule has 23 heavy (non-hydrogen) atoms. The molecule has 0 radical (unpaired) electrons. The van der Waals surface area contributed by atoms with Crippen LogP contribution in [0.5, 0.6) is 0 Å². The van der Waals surface area contributed by atoms with Crippen LogP contribution in [-0.2, 0) is 11.3 Å². The Morgan fingerprint density at radius 3 is 2.83 bits per heavy atom. The van der Waals surface area contributed by atoms with E-state index in [0.29, 0.717) is 29.5 Å². The number of nitrogens with one attached hydrogen (secondary N) is 1. The molecule has 2 saturated carbocycles. The van der Waals surface area contributed by atoms with E-state index in [4.69, 9.17) is 14.8 Å². The van der Waals surface area contributed by atoms with Gasteiger partial charge in [-0.3, -0.25) is 0 Å². The minimum absolute atomic E-state index is 0.369. The quantitative estimate of drug-likeness (QED) is 0.906. The first-order chi connectivity index (χ1) is 11.1. The van der Waals surface area contributed by atoms with E-state index in [1.165, 1.54) is 32.1 Å². The topological polar surface area (TPSA) is 52.0 Å². The van der Waals surface area contributed by atoms with Crippen molar-refractivity contribution in [1.29, 1.82) is 0 Å². The third-order valence-electron chi connectivity index (χ3n) is 6.25. The molecule has 1 spiro atoms. The maximum absolute atomic E-state index is 5.99. The molecule has 2 fully saturated rings. The molecule has 1 aromatic rings. The van der Waals surface area contributed by atoms with Gasteiger partial charge in [0, 0.05) is 30.5 Å². The van der Waals surface area contributed by atoms with E-state index in [2.05, 4.69) is 30.8 Å². The second-order valence-corrected chi connectivity index (χ2v) is 7.89. The Balaban J connectivity index is 1.48. The molecule has 0 saturated heterocycles. The summed E-state index contributed by atoms with van der Waals surface area (Å²) in [5.41, 5.74) is 0.416. The number of rotatable bonds is 5. The molecule has 0 unspecified atom stereocenters. The number of aromatic nitrogens is 3. The minimum Gasteiger partial charge on any atom is -0.378 e. The molecule has 1 aromatic heterocycles. The van der Waals surface area contributed by atoms with Gasteiger partial charge >= 0.3 is 0 Å². The first-order valence-electron chi connectivity index (χ1n) is 9.46. The van der Waals surface area contributed by atoms with Gasteiger partial charge in [0.1, 0.15) is 5.82 Å². The predicted octanol–water partition coefficient (Wildman–Crippen LogP) is 3.17. The van der Waals surface area contributed by atoms with Crippen molar-refractivity contribution >= 4 is 0 Å². The molecule has 128 valence electrons. The van der Waals surface area contributed by atoms with E-state index in [-0.39, 0.29) is 0 Å². The number of ether oxygens (including phenoxy) is 1. The van der Waals surface area contributed by atoms with Crippen molar-refractivity contribution in [2.75, 3.05) is 6.61 Å². The van der Waals surface area contributed by atoms with Gasteiger partial charge in [0.25, 0.3) is 0 Å². The lowest BCUT2D eigenvalue weighted by molar-refractivity contribution is -0.175. The maximum Gasteiger partial charge on any atom is 0.153 e. The van der Waals surface area contributed by atoms with Gasteiger partial charge in [-0.25, -0.2) is 9.67 Å². The Hall–Kier alpha value is -0.940. The summed E-state index contributed by atoms with van der Waals surface area (Å²) in [6.07, 6.45) is 8.03. The van der Waals surface area contributed by atoms with Crippen molar-refractivity contribution < 1.29 is 4.74 Å². The molecule has 0 aromatic carbocycles. The fraction of sp³-hybridized carbons (Fsp3) is 0.889. The molecule has 1 N–H and O–H groups in total. The first kappa shape index (κ1) is 15.6. The zero-order valence-corrected chi connectivity index (χ0v) is 14.7. The Bertz CT molecular complexity index is 563. The van der Waals surface area contributed by atoms with Crippen molar-refractivity contribution in [2.45, 2.75) is 89.9 Å². The fourth-order valence-electron chi connectivity index (χ4n) is 4.69. The molecule has 1 aliphatic heterocycles. The third kappa shape index (κ3) is 2.43. The zero-order valence-electron chi connectivity index (χ0n) is 14.7. The standard InChI is InChI=1S/C18H30N4O/c1-4-23-15-11-14(18(15)8-6-9-18)19-13-7-5-10-22-17(13)20-16(21-22)12(2)3/h12-15,19H,4-11H2,1-3H3/t13-,14-,15-/m1/s1. The SMILES string of the molecule is CCO[C@@H]1C[C@@H](N[C@@H]2CCCn3nc(C(C)C)nc32)C12CCC2. The number of hydrogen-bond acceptors (Lipinski definition) is 4. The molecule has 0 amide bonds. The summed E-state index contributed by atoms with van der Waals surface area (Å²) in [6, 6.07) is 0.970. The average Bonchev–Trinajstić information content (AvgIpc) is 2.89. The number of aryl methyl sites for hydroxylation is 1. The monoisotopic (exact) mass is 318 g/mol. The summed E-state index contributed by atoms with van der Waals surface area (Å²) in [5, 5.41) is 8.65. The van der Waals surface area contributed by atoms with E-state index >= 15 is 0 Å². The highest BCUT2D eigenvalue weighted by Gasteiger charge is 2.59. The molecule has 0 bridgehead atoms. The summed E-state index contributed by atoms with van der Waals surface area (Å²) in [4.78, 5) is 4.85. The first-order valence-corrected chi connectivity index (χ1v) is 9.46. The largest absolute Gasteiger partial charge is 0.378 e. The van der Waals surface area contributed by atoms with Crippen LogP contribution in [0.2, 0.25) is 0 Å². The van der Waals surface area contributed by atoms with Crippen LogP contribution in [0, 0.1) is 5.41 Å². The normalized spacial score (nSPS) is 31.7. The smallest absolute Gasteiger partial charge is 0.153 e. The van der Waals surface area contributed by atoms with Crippen LogP contribution in [-0.4, -0.2) is 33.5 Å². The van der Waals surface area contributed by atoms with E-state index < -0.39 is 0 Å². The van der Waals surface area contributed by atoms with Gasteiger partial charge in [-0.15, -0.1) is 0 Å². The van der Waals surface area contributed by atoms with Crippen molar-refractivity contribution in [3.05, 3.63) is 11.6 Å². The lowest BCUT2D eigenvalue weighted by Gasteiger charge is -2.61. The molecule has 3 atom stereocenters. The van der Waals surface area contributed by atoms with Crippen LogP contribution < -0.4 is 5.32 Å². The Morgan fingerprint density at radius 2 is 2.17 bits per heavy atom. The van der Waals surface area contributed by atoms with Gasteiger partial charge in [-0.1, -0.05) is 20.3 Å². The van der Waals surface area contributed by atoms with E-state index in [9.17, 15) is 0 Å². The molecule has 4 rings (SSSR count). The Labute approximate surface area is 139 Å². The Kier molecular flexibility index (Phi) is 3.96. The van der Waals surface area contributed by atoms with Crippen molar-refractivity contribution in [3.8, 4) is 0 Å². The highest BCUT2D eigenvalue weighted by atomic mass is 16.5. The molecule has 5 heteroatoms. The molecule has 2 aliphatic carbocycles. The van der Waals surface area contributed by atoms with Crippen molar-refractivity contribution in [3.63, 3.8) is 0 Å². The van der Waals surface area contributed by atoms with Crippen LogP contribution in [0.3, 0.4) is 0 Å². The molecular weight excluding hydrogens is 288 g/mol. The maximum atomic E-state index is 5.99. The van der Waals surface area contributed by atoms with Gasteiger partial charge < -0.3 is 10.1 Å². The van der Waals surface area contributed by atoms with E-state index in [1.807, 2.05) is 0 Å². The van der Waals surface area contributed by atoms with Crippen LogP contribution in [0.15, 0.2) is 0 Å². The minimum atomic E-state index is 0.369. The highest BCUT2D eigenvalue weighted by molar-refractivity contribution is 5.14.